The minimum absolute atomic E-state index is 0.00811. The van der Waals surface area contributed by atoms with E-state index in [0.717, 1.165) is 5.56 Å². The van der Waals surface area contributed by atoms with Gasteiger partial charge in [-0.05, 0) is 77.9 Å². The maximum absolute atomic E-state index is 13.8. The first-order valence-corrected chi connectivity index (χ1v) is 12.4. The number of benzene rings is 1. The van der Waals surface area contributed by atoms with Crippen molar-refractivity contribution in [3.05, 3.63) is 28.8 Å². The Bertz CT molecular complexity index is 1220. The second kappa shape index (κ2) is 8.82. The minimum atomic E-state index is -2.71. The number of carbonyl (C=O) groups excluding carboxylic acids is 5. The molecule has 0 aliphatic heterocycles. The molecule has 0 bridgehead atoms. The SMILES string of the molecule is CN(C)[C@@H]1C(=O)C(C(N)=O)C(=O)[C@@]2(O)C(=O)C3C(=O)c4c(O)cc(CN(C)C(C)(C)C)cc4C[C@H]3C[C@@H]12. The van der Waals surface area contributed by atoms with Crippen LogP contribution in [-0.4, -0.2) is 87.4 Å². The van der Waals surface area contributed by atoms with Crippen molar-refractivity contribution in [2.24, 2.45) is 29.4 Å². The van der Waals surface area contributed by atoms with Gasteiger partial charge in [-0.3, -0.25) is 33.8 Å². The third-order valence-electron chi connectivity index (χ3n) is 8.49. The van der Waals surface area contributed by atoms with E-state index in [1.807, 2.05) is 13.1 Å². The van der Waals surface area contributed by atoms with Gasteiger partial charge in [-0.2, -0.15) is 0 Å². The lowest BCUT2D eigenvalue weighted by atomic mass is 9.52. The van der Waals surface area contributed by atoms with E-state index in [-0.39, 0.29) is 29.7 Å². The molecule has 10 heteroatoms. The molecule has 200 valence electrons. The molecule has 2 saturated carbocycles. The van der Waals surface area contributed by atoms with E-state index in [1.54, 1.807) is 14.1 Å². The third-order valence-corrected chi connectivity index (χ3v) is 8.49. The van der Waals surface area contributed by atoms with Crippen LogP contribution >= 0.6 is 0 Å². The van der Waals surface area contributed by atoms with Crippen molar-refractivity contribution in [3.63, 3.8) is 0 Å². The maximum Gasteiger partial charge on any atom is 0.235 e. The molecule has 2 unspecified atom stereocenters. The first-order chi connectivity index (χ1) is 17.0. The van der Waals surface area contributed by atoms with Crippen molar-refractivity contribution < 1.29 is 34.2 Å². The van der Waals surface area contributed by atoms with Crippen molar-refractivity contribution >= 4 is 29.0 Å². The van der Waals surface area contributed by atoms with Crippen LogP contribution in [0.1, 0.15) is 48.7 Å². The molecule has 1 aromatic rings. The highest BCUT2D eigenvalue weighted by molar-refractivity contribution is 6.32. The molecule has 3 aliphatic rings. The average Bonchev–Trinajstić information content (AvgIpc) is 2.74. The summed E-state index contributed by atoms with van der Waals surface area (Å²) in [6.45, 7) is 6.70. The smallest absolute Gasteiger partial charge is 0.235 e. The molecule has 4 N–H and O–H groups in total. The van der Waals surface area contributed by atoms with Crippen LogP contribution in [0.5, 0.6) is 5.75 Å². The summed E-state index contributed by atoms with van der Waals surface area (Å²) in [6, 6.07) is 2.24. The van der Waals surface area contributed by atoms with Gasteiger partial charge in [0.25, 0.3) is 0 Å². The van der Waals surface area contributed by atoms with E-state index in [0.29, 0.717) is 12.1 Å². The van der Waals surface area contributed by atoms with Gasteiger partial charge in [0.05, 0.1) is 17.5 Å². The number of Topliss-reactive ketones (excluding diaryl/α,β-unsaturated/α-hetero) is 4. The molecule has 0 spiro atoms. The largest absolute Gasteiger partial charge is 0.507 e. The molecule has 0 radical (unpaired) electrons. The Morgan fingerprint density at radius 3 is 2.27 bits per heavy atom. The molecule has 3 aliphatic carbocycles. The molecular formula is C27H35N3O7. The van der Waals surface area contributed by atoms with E-state index in [4.69, 9.17) is 5.73 Å². The molecule has 6 atom stereocenters. The Balaban J connectivity index is 1.78. The molecule has 4 rings (SSSR count). The molecule has 2 fully saturated rings. The molecule has 10 nitrogen and oxygen atoms in total. The predicted molar refractivity (Wildman–Crippen MR) is 133 cm³/mol. The van der Waals surface area contributed by atoms with Gasteiger partial charge < -0.3 is 15.9 Å². The number of hydrogen-bond acceptors (Lipinski definition) is 9. The van der Waals surface area contributed by atoms with E-state index < -0.39 is 64.4 Å². The van der Waals surface area contributed by atoms with Crippen LogP contribution in [0.25, 0.3) is 0 Å². The Morgan fingerprint density at radius 1 is 1.11 bits per heavy atom. The zero-order valence-corrected chi connectivity index (χ0v) is 22.1. The fraction of sp³-hybridized carbons (Fsp3) is 0.593. The molecule has 0 saturated heterocycles. The molecule has 1 aromatic carbocycles. The standard InChI is InChI=1S/C27H35N3O7/c1-26(2,3)30(6)11-12-7-13-9-14-10-15-20(29(4)5)22(33)19(25(28)36)24(35)27(15,37)23(34)18(14)21(32)17(13)16(31)8-12/h7-8,14-15,18-20,31,37H,9-11H2,1-6H3,(H2,28,36)/t14-,15-,18?,19?,20-,27-/m0/s1. The van der Waals surface area contributed by atoms with Crippen molar-refractivity contribution in [1.82, 2.24) is 9.80 Å². The number of primary amides is 1. The summed E-state index contributed by atoms with van der Waals surface area (Å²) in [7, 11) is 5.08. The summed E-state index contributed by atoms with van der Waals surface area (Å²) in [5, 5.41) is 22.4. The van der Waals surface area contributed by atoms with E-state index >= 15 is 0 Å². The van der Waals surface area contributed by atoms with Crippen molar-refractivity contribution in [3.8, 4) is 5.75 Å². The second-order valence-electron chi connectivity index (χ2n) is 12.0. The van der Waals surface area contributed by atoms with Crippen molar-refractivity contribution in [1.29, 1.82) is 0 Å². The fourth-order valence-corrected chi connectivity index (χ4v) is 6.30. The first-order valence-electron chi connectivity index (χ1n) is 12.4. The van der Waals surface area contributed by atoms with Crippen LogP contribution in [0.2, 0.25) is 0 Å². The number of phenols is 1. The lowest BCUT2D eigenvalue weighted by Gasteiger charge is -2.52. The topological polar surface area (TPSA) is 158 Å². The first kappa shape index (κ1) is 27.1. The predicted octanol–water partition coefficient (Wildman–Crippen LogP) is 0.0973. The van der Waals surface area contributed by atoms with Crippen LogP contribution in [0.15, 0.2) is 12.1 Å². The van der Waals surface area contributed by atoms with Crippen molar-refractivity contribution in [2.75, 3.05) is 21.1 Å². The molecule has 37 heavy (non-hydrogen) atoms. The zero-order chi connectivity index (χ0) is 27.8. The summed E-state index contributed by atoms with van der Waals surface area (Å²) < 4.78 is 0. The van der Waals surface area contributed by atoms with Crippen LogP contribution < -0.4 is 5.73 Å². The number of nitrogens with two attached hydrogens (primary N) is 1. The van der Waals surface area contributed by atoms with Crippen LogP contribution in [0.3, 0.4) is 0 Å². The molecular weight excluding hydrogens is 478 g/mol. The average molecular weight is 514 g/mol. The van der Waals surface area contributed by atoms with E-state index in [1.165, 1.54) is 11.0 Å². The zero-order valence-electron chi connectivity index (χ0n) is 22.1. The number of likely N-dealkylation sites (N-methyl/N-ethyl adjacent to an activating group) is 1. The lowest BCUT2D eigenvalue weighted by molar-refractivity contribution is -0.181. The highest BCUT2D eigenvalue weighted by atomic mass is 16.3. The molecule has 0 aromatic heterocycles. The van der Waals surface area contributed by atoms with Gasteiger partial charge in [-0.1, -0.05) is 6.07 Å². The van der Waals surface area contributed by atoms with Crippen LogP contribution in [-0.2, 0) is 32.1 Å². The fourth-order valence-electron chi connectivity index (χ4n) is 6.30. The third kappa shape index (κ3) is 4.02. The highest BCUT2D eigenvalue weighted by Gasteiger charge is 2.69. The Labute approximate surface area is 215 Å². The maximum atomic E-state index is 13.8. The Hall–Kier alpha value is -2.95. The van der Waals surface area contributed by atoms with Gasteiger partial charge in [-0.15, -0.1) is 0 Å². The molecule has 1 amide bonds. The van der Waals surface area contributed by atoms with Gasteiger partial charge in [0.1, 0.15) is 5.75 Å². The minimum Gasteiger partial charge on any atom is -0.507 e. The number of aliphatic hydroxyl groups is 1. The number of carbonyl (C=O) groups is 5. The summed E-state index contributed by atoms with van der Waals surface area (Å²) in [6.07, 6.45) is 0.295. The quantitative estimate of drug-likeness (QED) is 0.475. The van der Waals surface area contributed by atoms with Crippen molar-refractivity contribution in [2.45, 2.75) is 57.3 Å². The normalized spacial score (nSPS) is 31.9. The summed E-state index contributed by atoms with van der Waals surface area (Å²) >= 11 is 0. The van der Waals surface area contributed by atoms with E-state index in [9.17, 15) is 34.2 Å². The second-order valence-corrected chi connectivity index (χ2v) is 12.0. The Kier molecular flexibility index (Phi) is 6.46. The number of rotatable bonds is 4. The monoisotopic (exact) mass is 513 g/mol. The summed E-state index contributed by atoms with van der Waals surface area (Å²) in [5.74, 6) is -10.3. The lowest BCUT2D eigenvalue weighted by Crippen LogP contribution is -2.74. The van der Waals surface area contributed by atoms with Gasteiger partial charge in [-0.25, -0.2) is 0 Å². The highest BCUT2D eigenvalue weighted by Crippen LogP contribution is 2.50. The molecule has 0 heterocycles. The number of aromatic hydroxyl groups is 1. The van der Waals surface area contributed by atoms with Gasteiger partial charge in [0.2, 0.25) is 5.91 Å². The van der Waals surface area contributed by atoms with Crippen LogP contribution in [0, 0.1) is 23.7 Å². The van der Waals surface area contributed by atoms with Gasteiger partial charge in [0.15, 0.2) is 34.7 Å². The number of ketones is 4. The number of hydrogen-bond donors (Lipinski definition) is 3. The number of amides is 1. The van der Waals surface area contributed by atoms with Gasteiger partial charge in [0, 0.05) is 18.0 Å². The number of nitrogens with zero attached hydrogens (tertiary/aromatic N) is 2. The van der Waals surface area contributed by atoms with Crippen LogP contribution in [0.4, 0.5) is 0 Å². The number of fused-ring (bicyclic) bond motifs is 3. The van der Waals surface area contributed by atoms with E-state index in [2.05, 4.69) is 25.7 Å². The summed E-state index contributed by atoms with van der Waals surface area (Å²) in [4.78, 5) is 69.4. The Morgan fingerprint density at radius 2 is 1.73 bits per heavy atom. The number of phenolic OH excluding ortho intramolecular Hbond substituents is 1. The van der Waals surface area contributed by atoms with Gasteiger partial charge >= 0.3 is 0 Å². The summed E-state index contributed by atoms with van der Waals surface area (Å²) in [5.41, 5.74) is 3.89.